The van der Waals surface area contributed by atoms with Crippen molar-refractivity contribution in [3.8, 4) is 0 Å². The van der Waals surface area contributed by atoms with Crippen molar-refractivity contribution in [2.75, 3.05) is 19.5 Å². The monoisotopic (exact) mass is 315 g/mol. The number of allylic oxidation sites excluding steroid dienone is 2. The largest absolute Gasteiger partial charge is 0.374 e. The Labute approximate surface area is 136 Å². The summed E-state index contributed by atoms with van der Waals surface area (Å²) in [7, 11) is 3.27. The molecule has 23 heavy (non-hydrogen) atoms. The second kappa shape index (κ2) is 8.41. The number of methoxy groups -OCH3 is 2. The number of hydrogen-bond acceptors (Lipinski definition) is 4. The molecule has 0 saturated carbocycles. The van der Waals surface area contributed by atoms with E-state index in [0.717, 1.165) is 11.9 Å². The first-order valence-corrected chi connectivity index (χ1v) is 7.46. The quantitative estimate of drug-likeness (QED) is 0.786. The number of carbonyl (C=O) groups excluding carboxylic acids is 2. The summed E-state index contributed by atoms with van der Waals surface area (Å²) in [5.74, 6) is -0.128. The molecule has 1 aliphatic rings. The Morgan fingerprint density at radius 3 is 2.65 bits per heavy atom. The molecule has 0 saturated heterocycles. The van der Waals surface area contributed by atoms with Gasteiger partial charge in [0.1, 0.15) is 12.2 Å². The smallest absolute Gasteiger partial charge is 0.224 e. The lowest BCUT2D eigenvalue weighted by Gasteiger charge is -2.23. The van der Waals surface area contributed by atoms with Crippen LogP contribution >= 0.6 is 0 Å². The average Bonchev–Trinajstić information content (AvgIpc) is 2.60. The molecule has 5 nitrogen and oxygen atoms in total. The summed E-state index contributed by atoms with van der Waals surface area (Å²) in [4.78, 5) is 23.0. The fraction of sp³-hybridized carbons (Fsp3) is 0.333. The van der Waals surface area contributed by atoms with Gasteiger partial charge in [0, 0.05) is 26.2 Å². The SMILES string of the molecule is COC1C=CC(CCC(=O)Nc2ccccc2C=O)=CC1OC. The molecule has 0 spiro atoms. The maximum Gasteiger partial charge on any atom is 0.224 e. The van der Waals surface area contributed by atoms with Gasteiger partial charge in [0.2, 0.25) is 5.91 Å². The number of aldehydes is 1. The van der Waals surface area contributed by atoms with E-state index >= 15 is 0 Å². The Hall–Kier alpha value is -2.24. The highest BCUT2D eigenvalue weighted by Gasteiger charge is 2.20. The normalized spacial score (nSPS) is 20.0. The van der Waals surface area contributed by atoms with Crippen LogP contribution in [0.15, 0.2) is 48.1 Å². The third-order valence-electron chi connectivity index (χ3n) is 3.75. The first-order chi connectivity index (χ1) is 11.2. The maximum absolute atomic E-state index is 12.1. The molecule has 2 rings (SSSR count). The summed E-state index contributed by atoms with van der Waals surface area (Å²) in [5.41, 5.74) is 2.04. The summed E-state index contributed by atoms with van der Waals surface area (Å²) in [5, 5.41) is 2.77. The van der Waals surface area contributed by atoms with Crippen molar-refractivity contribution < 1.29 is 19.1 Å². The summed E-state index contributed by atoms with van der Waals surface area (Å²) in [6.07, 6.45) is 7.28. The van der Waals surface area contributed by atoms with Crippen molar-refractivity contribution in [2.45, 2.75) is 25.0 Å². The first-order valence-electron chi connectivity index (χ1n) is 7.46. The fourth-order valence-electron chi connectivity index (χ4n) is 2.46. The minimum atomic E-state index is -0.140. The minimum Gasteiger partial charge on any atom is -0.374 e. The molecule has 0 fully saturated rings. The van der Waals surface area contributed by atoms with E-state index in [2.05, 4.69) is 5.32 Å². The molecule has 1 aliphatic carbocycles. The number of hydrogen-bond donors (Lipinski definition) is 1. The van der Waals surface area contributed by atoms with Crippen LogP contribution in [-0.2, 0) is 14.3 Å². The van der Waals surface area contributed by atoms with Gasteiger partial charge in [-0.2, -0.15) is 0 Å². The average molecular weight is 315 g/mol. The Bertz CT molecular complexity index is 621. The zero-order valence-corrected chi connectivity index (χ0v) is 13.3. The van der Waals surface area contributed by atoms with Gasteiger partial charge < -0.3 is 14.8 Å². The summed E-state index contributed by atoms with van der Waals surface area (Å²) < 4.78 is 10.7. The molecular formula is C18H21NO4. The van der Waals surface area contributed by atoms with E-state index < -0.39 is 0 Å². The van der Waals surface area contributed by atoms with Gasteiger partial charge in [0.05, 0.1) is 5.69 Å². The van der Waals surface area contributed by atoms with E-state index in [0.29, 0.717) is 24.1 Å². The minimum absolute atomic E-state index is 0.1000. The van der Waals surface area contributed by atoms with Gasteiger partial charge in [-0.3, -0.25) is 9.59 Å². The van der Waals surface area contributed by atoms with Crippen molar-refractivity contribution in [1.29, 1.82) is 0 Å². The molecule has 1 aromatic rings. The van der Waals surface area contributed by atoms with E-state index in [-0.39, 0.29) is 18.1 Å². The predicted octanol–water partition coefficient (Wildman–Crippen LogP) is 2.74. The molecule has 0 heterocycles. The van der Waals surface area contributed by atoms with Crippen molar-refractivity contribution in [2.24, 2.45) is 0 Å². The Balaban J connectivity index is 1.91. The van der Waals surface area contributed by atoms with Crippen LogP contribution in [-0.4, -0.2) is 38.6 Å². The van der Waals surface area contributed by atoms with Crippen LogP contribution in [0, 0.1) is 0 Å². The molecule has 5 heteroatoms. The van der Waals surface area contributed by atoms with Gasteiger partial charge in [-0.25, -0.2) is 0 Å². The zero-order chi connectivity index (χ0) is 16.7. The number of carbonyl (C=O) groups is 2. The molecule has 1 N–H and O–H groups in total. The number of para-hydroxylation sites is 1. The highest BCUT2D eigenvalue weighted by molar-refractivity contribution is 5.96. The summed E-state index contributed by atoms with van der Waals surface area (Å²) >= 11 is 0. The Kier molecular flexibility index (Phi) is 6.26. The molecular weight excluding hydrogens is 294 g/mol. The molecule has 1 aromatic carbocycles. The standard InChI is InChI=1S/C18H21NO4/c1-22-16-9-7-13(11-17(16)23-2)8-10-18(21)19-15-6-4-3-5-14(15)12-20/h3-7,9,11-12,16-17H,8,10H2,1-2H3,(H,19,21). The topological polar surface area (TPSA) is 64.6 Å². The van der Waals surface area contributed by atoms with E-state index in [4.69, 9.17) is 9.47 Å². The first kappa shape index (κ1) is 17.1. The molecule has 0 bridgehead atoms. The van der Waals surface area contributed by atoms with Crippen molar-refractivity contribution in [1.82, 2.24) is 0 Å². The van der Waals surface area contributed by atoms with Gasteiger partial charge in [0.15, 0.2) is 6.29 Å². The van der Waals surface area contributed by atoms with Crippen molar-refractivity contribution >= 4 is 17.9 Å². The van der Waals surface area contributed by atoms with Crippen LogP contribution in [0.25, 0.3) is 0 Å². The van der Waals surface area contributed by atoms with Crippen LogP contribution in [0.1, 0.15) is 23.2 Å². The molecule has 122 valence electrons. The second-order valence-corrected chi connectivity index (χ2v) is 5.25. The van der Waals surface area contributed by atoms with Gasteiger partial charge in [-0.15, -0.1) is 0 Å². The van der Waals surface area contributed by atoms with Crippen molar-refractivity contribution in [3.05, 3.63) is 53.6 Å². The number of benzene rings is 1. The summed E-state index contributed by atoms with van der Waals surface area (Å²) in [6, 6.07) is 6.92. The van der Waals surface area contributed by atoms with Crippen LogP contribution < -0.4 is 5.32 Å². The predicted molar refractivity (Wildman–Crippen MR) is 88.5 cm³/mol. The molecule has 0 radical (unpaired) electrons. The number of anilines is 1. The number of nitrogens with one attached hydrogen (secondary N) is 1. The maximum atomic E-state index is 12.1. The fourth-order valence-corrected chi connectivity index (χ4v) is 2.46. The molecule has 1 amide bonds. The zero-order valence-electron chi connectivity index (χ0n) is 13.3. The van der Waals surface area contributed by atoms with Crippen LogP contribution in [0.2, 0.25) is 0 Å². The van der Waals surface area contributed by atoms with Gasteiger partial charge >= 0.3 is 0 Å². The van der Waals surface area contributed by atoms with E-state index in [1.54, 1.807) is 38.5 Å². The Morgan fingerprint density at radius 1 is 1.22 bits per heavy atom. The second-order valence-electron chi connectivity index (χ2n) is 5.25. The van der Waals surface area contributed by atoms with Gasteiger partial charge in [-0.1, -0.05) is 24.3 Å². The Morgan fingerprint density at radius 2 is 1.96 bits per heavy atom. The van der Waals surface area contributed by atoms with E-state index in [1.165, 1.54) is 0 Å². The molecule has 0 aliphatic heterocycles. The van der Waals surface area contributed by atoms with Crippen molar-refractivity contribution in [3.63, 3.8) is 0 Å². The van der Waals surface area contributed by atoms with Crippen LogP contribution in [0.5, 0.6) is 0 Å². The third-order valence-corrected chi connectivity index (χ3v) is 3.75. The highest BCUT2D eigenvalue weighted by atomic mass is 16.5. The summed E-state index contributed by atoms with van der Waals surface area (Å²) in [6.45, 7) is 0. The van der Waals surface area contributed by atoms with Gasteiger partial charge in [0.25, 0.3) is 0 Å². The molecule has 2 atom stereocenters. The van der Waals surface area contributed by atoms with E-state index in [9.17, 15) is 9.59 Å². The van der Waals surface area contributed by atoms with Crippen LogP contribution in [0.4, 0.5) is 5.69 Å². The number of rotatable bonds is 7. The number of ether oxygens (including phenoxy) is 2. The lowest BCUT2D eigenvalue weighted by atomic mass is 9.98. The lowest BCUT2D eigenvalue weighted by molar-refractivity contribution is -0.116. The third kappa shape index (κ3) is 4.61. The van der Waals surface area contributed by atoms with Crippen LogP contribution in [0.3, 0.4) is 0 Å². The molecule has 2 unspecified atom stereocenters. The van der Waals surface area contributed by atoms with Gasteiger partial charge in [-0.05, 0) is 30.2 Å². The van der Waals surface area contributed by atoms with E-state index in [1.807, 2.05) is 18.2 Å². The number of amides is 1. The highest BCUT2D eigenvalue weighted by Crippen LogP contribution is 2.20. The lowest BCUT2D eigenvalue weighted by Crippen LogP contribution is -2.28. The molecule has 0 aromatic heterocycles.